The highest BCUT2D eigenvalue weighted by molar-refractivity contribution is 7.99. The molecule has 6 N–H and O–H groups in total. The topological polar surface area (TPSA) is 132 Å². The third-order valence-electron chi connectivity index (χ3n) is 7.10. The summed E-state index contributed by atoms with van der Waals surface area (Å²) < 4.78 is 12.1. The quantitative estimate of drug-likeness (QED) is 0.158. The third kappa shape index (κ3) is 6.97. The van der Waals surface area contributed by atoms with Crippen molar-refractivity contribution in [3.05, 3.63) is 70.8 Å². The second-order valence-electron chi connectivity index (χ2n) is 10.1. The summed E-state index contributed by atoms with van der Waals surface area (Å²) in [5.74, 6) is 2.51. The van der Waals surface area contributed by atoms with Crippen molar-refractivity contribution in [2.75, 3.05) is 17.7 Å². The number of carbonyl (C=O) groups is 1. The molecule has 0 fully saturated rings. The van der Waals surface area contributed by atoms with Crippen LogP contribution in [0.5, 0.6) is 17.2 Å². The molecule has 9 heteroatoms. The Morgan fingerprint density at radius 2 is 1.77 bits per heavy atom. The number of nitrogens with two attached hydrogens (primary N) is 2. The molecule has 4 rings (SSSR count). The zero-order valence-electron chi connectivity index (χ0n) is 22.8. The van der Waals surface area contributed by atoms with Crippen LogP contribution in [0, 0.1) is 20.8 Å². The predicted molar refractivity (Wildman–Crippen MR) is 157 cm³/mol. The summed E-state index contributed by atoms with van der Waals surface area (Å²) in [6.45, 7) is 7.99. The average molecular weight is 549 g/mol. The molecule has 206 valence electrons. The fraction of sp³-hybridized carbons (Fsp3) is 0.333. The summed E-state index contributed by atoms with van der Waals surface area (Å²) in [6, 6.07) is 14.6. The summed E-state index contributed by atoms with van der Waals surface area (Å²) in [6.07, 6.45) is 2.72. The smallest absolute Gasteiger partial charge is 0.262 e. The summed E-state index contributed by atoms with van der Waals surface area (Å²) in [4.78, 5) is 17.4. The van der Waals surface area contributed by atoms with E-state index in [4.69, 9.17) is 20.9 Å². The number of nitrogens with zero attached hydrogens (tertiary/aromatic N) is 1. The summed E-state index contributed by atoms with van der Waals surface area (Å²) in [5, 5.41) is 13.3. The molecule has 3 aromatic rings. The van der Waals surface area contributed by atoms with E-state index in [-0.39, 0.29) is 24.1 Å². The highest BCUT2D eigenvalue weighted by Crippen LogP contribution is 2.44. The van der Waals surface area contributed by atoms with Crippen LogP contribution in [0.15, 0.2) is 58.4 Å². The fourth-order valence-corrected chi connectivity index (χ4v) is 5.70. The van der Waals surface area contributed by atoms with Gasteiger partial charge in [-0.1, -0.05) is 0 Å². The van der Waals surface area contributed by atoms with Gasteiger partial charge in [-0.15, -0.1) is 11.8 Å². The zero-order chi connectivity index (χ0) is 28.2. The highest BCUT2D eigenvalue weighted by atomic mass is 32.2. The minimum absolute atomic E-state index is 0.0195. The maximum absolute atomic E-state index is 12.3. The van der Waals surface area contributed by atoms with E-state index in [1.807, 2.05) is 45.0 Å². The number of phenolic OH excluding ortho intramolecular Hbond substituents is 1. The molecule has 1 heterocycles. The van der Waals surface area contributed by atoms with Crippen LogP contribution in [0.1, 0.15) is 42.0 Å². The molecule has 0 aliphatic carbocycles. The van der Waals surface area contributed by atoms with Crippen LogP contribution in [0.3, 0.4) is 0 Å². The standard InChI is InChI=1S/C30H36N4O4S/c1-18-19(2)28-25(20(3)27(18)36)13-14-30(4,38-28)15-16-39-24-11-7-21(8-12-24)33-26(35)17-37-23-9-5-22(6-10-23)34-29(31)32/h5-12,36H,13-17H2,1-4H3,(H,33,35)(H4,31,32,34). The van der Waals surface area contributed by atoms with Crippen molar-refractivity contribution in [3.63, 3.8) is 0 Å². The van der Waals surface area contributed by atoms with Crippen LogP contribution >= 0.6 is 11.8 Å². The first kappa shape index (κ1) is 28.2. The maximum Gasteiger partial charge on any atom is 0.262 e. The van der Waals surface area contributed by atoms with E-state index in [9.17, 15) is 9.90 Å². The average Bonchev–Trinajstić information content (AvgIpc) is 2.91. The van der Waals surface area contributed by atoms with E-state index in [0.717, 1.165) is 57.9 Å². The number of hydrogen-bond acceptors (Lipinski definition) is 6. The number of thioether (sulfide) groups is 1. The lowest BCUT2D eigenvalue weighted by Gasteiger charge is -2.38. The Labute approximate surface area is 233 Å². The van der Waals surface area contributed by atoms with Gasteiger partial charge in [0.2, 0.25) is 0 Å². The first-order valence-corrected chi connectivity index (χ1v) is 13.9. The summed E-state index contributed by atoms with van der Waals surface area (Å²) in [7, 11) is 0. The fourth-order valence-electron chi connectivity index (χ4n) is 4.60. The molecule has 39 heavy (non-hydrogen) atoms. The number of phenols is 1. The molecule has 1 aliphatic rings. The van der Waals surface area contributed by atoms with Gasteiger partial charge in [0.1, 0.15) is 22.8 Å². The van der Waals surface area contributed by atoms with Crippen molar-refractivity contribution in [3.8, 4) is 17.2 Å². The Morgan fingerprint density at radius 1 is 1.08 bits per heavy atom. The van der Waals surface area contributed by atoms with E-state index in [1.54, 1.807) is 36.0 Å². The normalized spacial score (nSPS) is 16.1. The van der Waals surface area contributed by atoms with Gasteiger partial charge in [0, 0.05) is 21.9 Å². The number of amides is 1. The van der Waals surface area contributed by atoms with Crippen molar-refractivity contribution in [2.45, 2.75) is 57.5 Å². The number of anilines is 1. The SMILES string of the molecule is Cc1c(C)c2c(c(C)c1O)CCC(C)(CCSc1ccc(NC(=O)COc3ccc(N=C(N)N)cc3)cc1)O2. The third-order valence-corrected chi connectivity index (χ3v) is 8.11. The number of fused-ring (bicyclic) bond motifs is 1. The summed E-state index contributed by atoms with van der Waals surface area (Å²) in [5.41, 5.74) is 15.8. The molecule has 1 aliphatic heterocycles. The molecule has 0 aromatic heterocycles. The first-order chi connectivity index (χ1) is 18.5. The van der Waals surface area contributed by atoms with Crippen molar-refractivity contribution in [1.29, 1.82) is 0 Å². The lowest BCUT2D eigenvalue weighted by molar-refractivity contribution is -0.118. The number of carbonyl (C=O) groups excluding carboxylic acids is 1. The van der Waals surface area contributed by atoms with Gasteiger partial charge in [-0.2, -0.15) is 0 Å². The Balaban J connectivity index is 1.24. The molecule has 0 spiro atoms. The maximum atomic E-state index is 12.3. The number of ether oxygens (including phenoxy) is 2. The van der Waals surface area contributed by atoms with Gasteiger partial charge >= 0.3 is 0 Å². The minimum atomic E-state index is -0.250. The van der Waals surface area contributed by atoms with Crippen molar-refractivity contribution in [1.82, 2.24) is 0 Å². The number of guanidine groups is 1. The number of benzene rings is 3. The van der Waals surface area contributed by atoms with E-state index in [1.165, 1.54) is 0 Å². The number of rotatable bonds is 9. The molecular formula is C30H36N4O4S. The summed E-state index contributed by atoms with van der Waals surface area (Å²) >= 11 is 1.76. The Morgan fingerprint density at radius 3 is 2.44 bits per heavy atom. The van der Waals surface area contributed by atoms with Crippen molar-refractivity contribution >= 4 is 35.0 Å². The Hall–Kier alpha value is -3.85. The van der Waals surface area contributed by atoms with Gasteiger partial charge in [-0.25, -0.2) is 4.99 Å². The lowest BCUT2D eigenvalue weighted by Crippen LogP contribution is -2.37. The van der Waals surface area contributed by atoms with Crippen LogP contribution in [-0.4, -0.2) is 34.9 Å². The number of hydrogen-bond donors (Lipinski definition) is 4. The van der Waals surface area contributed by atoms with Crippen LogP contribution in [-0.2, 0) is 11.2 Å². The lowest BCUT2D eigenvalue weighted by atomic mass is 9.86. The van der Waals surface area contributed by atoms with E-state index in [0.29, 0.717) is 22.9 Å². The molecular weight excluding hydrogens is 512 g/mol. The Bertz CT molecular complexity index is 1370. The molecule has 1 amide bonds. The second-order valence-corrected chi connectivity index (χ2v) is 11.2. The van der Waals surface area contributed by atoms with E-state index >= 15 is 0 Å². The number of aromatic hydroxyl groups is 1. The van der Waals surface area contributed by atoms with Crippen molar-refractivity contribution < 1.29 is 19.4 Å². The van der Waals surface area contributed by atoms with Crippen molar-refractivity contribution in [2.24, 2.45) is 16.5 Å². The van der Waals surface area contributed by atoms with E-state index < -0.39 is 0 Å². The molecule has 1 atom stereocenters. The molecule has 0 saturated carbocycles. The molecule has 3 aromatic carbocycles. The largest absolute Gasteiger partial charge is 0.507 e. The van der Waals surface area contributed by atoms with Gasteiger partial charge < -0.3 is 31.4 Å². The molecule has 0 radical (unpaired) electrons. The highest BCUT2D eigenvalue weighted by Gasteiger charge is 2.34. The molecule has 0 saturated heterocycles. The van der Waals surface area contributed by atoms with Crippen LogP contribution < -0.4 is 26.3 Å². The Kier molecular flexibility index (Phi) is 8.60. The number of aliphatic imine (C=N–C) groups is 1. The van der Waals surface area contributed by atoms with Crippen LogP contribution in [0.25, 0.3) is 0 Å². The first-order valence-electron chi connectivity index (χ1n) is 12.9. The molecule has 1 unspecified atom stereocenters. The predicted octanol–water partition coefficient (Wildman–Crippen LogP) is 5.51. The second kappa shape index (κ2) is 11.9. The number of nitrogens with one attached hydrogen (secondary N) is 1. The van der Waals surface area contributed by atoms with Gasteiger partial charge in [0.15, 0.2) is 12.6 Å². The van der Waals surface area contributed by atoms with Gasteiger partial charge in [0.05, 0.1) is 5.69 Å². The van der Waals surface area contributed by atoms with Crippen LogP contribution in [0.2, 0.25) is 0 Å². The monoisotopic (exact) mass is 548 g/mol. The molecule has 0 bridgehead atoms. The van der Waals surface area contributed by atoms with Gasteiger partial charge in [0.25, 0.3) is 5.91 Å². The van der Waals surface area contributed by atoms with E-state index in [2.05, 4.69) is 17.2 Å². The van der Waals surface area contributed by atoms with Gasteiger partial charge in [-0.05, 0) is 112 Å². The van der Waals surface area contributed by atoms with Gasteiger partial charge in [-0.3, -0.25) is 4.79 Å². The van der Waals surface area contributed by atoms with Crippen LogP contribution in [0.4, 0.5) is 11.4 Å². The molecule has 8 nitrogen and oxygen atoms in total. The minimum Gasteiger partial charge on any atom is -0.507 e. The zero-order valence-corrected chi connectivity index (χ0v) is 23.7.